The van der Waals surface area contributed by atoms with Gasteiger partial charge in [-0.25, -0.2) is 0 Å². The van der Waals surface area contributed by atoms with Crippen molar-refractivity contribution in [1.29, 1.82) is 0 Å². The lowest BCUT2D eigenvalue weighted by molar-refractivity contribution is -0.171. The number of hydrogen-bond donors (Lipinski definition) is 5. The van der Waals surface area contributed by atoms with Gasteiger partial charge in [-0.05, 0) is 7.05 Å². The molecule has 0 radical (unpaired) electrons. The van der Waals surface area contributed by atoms with Crippen LogP contribution in [0.1, 0.15) is 0 Å². The third-order valence-corrected chi connectivity index (χ3v) is 2.91. The number of aliphatic hydroxyl groups excluding tert-OH is 5. The summed E-state index contributed by atoms with van der Waals surface area (Å²) in [5.41, 5.74) is 0. The summed E-state index contributed by atoms with van der Waals surface area (Å²) < 4.78 is 0. The molecule has 0 bridgehead atoms. The van der Waals surface area contributed by atoms with E-state index in [2.05, 4.69) is 0 Å². The molecular weight excluding hydrogens is 190 g/mol. The van der Waals surface area contributed by atoms with Crippen LogP contribution < -0.4 is 0 Å². The summed E-state index contributed by atoms with van der Waals surface area (Å²) in [5.74, 6) is 0. The summed E-state index contributed by atoms with van der Waals surface area (Å²) in [6, 6.07) is -1.32. The first-order valence-electron chi connectivity index (χ1n) is 4.52. The Balaban J connectivity index is 2.82. The first-order chi connectivity index (χ1) is 6.54. The molecule has 1 aliphatic rings. The average molecular weight is 207 g/mol. The van der Waals surface area contributed by atoms with Crippen LogP contribution in [0.15, 0.2) is 0 Å². The van der Waals surface area contributed by atoms with Crippen molar-refractivity contribution >= 4 is 0 Å². The molecule has 0 aliphatic carbocycles. The monoisotopic (exact) mass is 207 g/mol. The van der Waals surface area contributed by atoms with E-state index in [1.165, 1.54) is 4.90 Å². The normalized spacial score (nSPS) is 45.4. The number of likely N-dealkylation sites (tertiary alicyclic amines) is 1. The molecule has 84 valence electrons. The molecule has 0 aromatic heterocycles. The molecule has 1 fully saturated rings. The highest BCUT2D eigenvalue weighted by Gasteiger charge is 2.45. The Hall–Kier alpha value is -0.240. The lowest BCUT2D eigenvalue weighted by Gasteiger charge is -2.46. The molecule has 0 aromatic rings. The molecule has 5 atom stereocenters. The molecular formula is C8H17NO5. The highest BCUT2D eigenvalue weighted by atomic mass is 16.4. The van der Waals surface area contributed by atoms with Crippen LogP contribution in [0.3, 0.4) is 0 Å². The van der Waals surface area contributed by atoms with Crippen LogP contribution in [0.5, 0.6) is 0 Å². The van der Waals surface area contributed by atoms with Crippen LogP contribution in [0.25, 0.3) is 0 Å². The fraction of sp³-hybridized carbons (Fsp3) is 1.00. The smallest absolute Gasteiger partial charge is 0.109 e. The first kappa shape index (κ1) is 11.8. The third kappa shape index (κ3) is 1.77. The van der Waals surface area contributed by atoms with Gasteiger partial charge in [-0.2, -0.15) is 0 Å². The van der Waals surface area contributed by atoms with Gasteiger partial charge in [0.25, 0.3) is 0 Å². The van der Waals surface area contributed by atoms with E-state index in [9.17, 15) is 15.3 Å². The highest BCUT2D eigenvalue weighted by molar-refractivity contribution is 4.98. The Kier molecular flexibility index (Phi) is 3.82. The number of likely N-dealkylation sites (N-methyl/N-ethyl adjacent to an activating group) is 1. The second kappa shape index (κ2) is 4.52. The fourth-order valence-corrected chi connectivity index (χ4v) is 1.86. The minimum atomic E-state index is -1.33. The average Bonchev–Trinajstić information content (AvgIpc) is 2.16. The summed E-state index contributed by atoms with van der Waals surface area (Å²) in [7, 11) is 1.57. The second-order valence-electron chi connectivity index (χ2n) is 3.64. The van der Waals surface area contributed by atoms with E-state index in [-0.39, 0.29) is 13.2 Å². The summed E-state index contributed by atoms with van der Waals surface area (Å²) in [5, 5.41) is 46.4. The van der Waals surface area contributed by atoms with Crippen LogP contribution in [-0.2, 0) is 0 Å². The predicted octanol–water partition coefficient (Wildman–Crippen LogP) is -3.26. The van der Waals surface area contributed by atoms with E-state index in [0.29, 0.717) is 0 Å². The predicted molar refractivity (Wildman–Crippen MR) is 47.5 cm³/mol. The SMILES string of the molecule is CN1[C@H](CO)[C@H](O)[C@H](O)[C@H](O)[C@H]1CO. The second-order valence-corrected chi connectivity index (χ2v) is 3.64. The van der Waals surface area contributed by atoms with Crippen molar-refractivity contribution in [2.75, 3.05) is 20.3 Å². The maximum Gasteiger partial charge on any atom is 0.109 e. The van der Waals surface area contributed by atoms with E-state index in [0.717, 1.165) is 0 Å². The molecule has 0 aromatic carbocycles. The summed E-state index contributed by atoms with van der Waals surface area (Å²) in [4.78, 5) is 1.47. The van der Waals surface area contributed by atoms with Gasteiger partial charge in [-0.15, -0.1) is 0 Å². The van der Waals surface area contributed by atoms with Gasteiger partial charge < -0.3 is 25.5 Å². The summed E-state index contributed by atoms with van der Waals surface area (Å²) >= 11 is 0. The van der Waals surface area contributed by atoms with Gasteiger partial charge in [0.15, 0.2) is 0 Å². The Morgan fingerprint density at radius 2 is 1.21 bits per heavy atom. The third-order valence-electron chi connectivity index (χ3n) is 2.91. The minimum Gasteiger partial charge on any atom is -0.395 e. The van der Waals surface area contributed by atoms with E-state index >= 15 is 0 Å². The minimum absolute atomic E-state index is 0.335. The Labute approximate surface area is 82.0 Å². The van der Waals surface area contributed by atoms with Crippen molar-refractivity contribution in [3.63, 3.8) is 0 Å². The molecule has 1 saturated heterocycles. The van der Waals surface area contributed by atoms with Crippen molar-refractivity contribution in [2.24, 2.45) is 0 Å². The largest absolute Gasteiger partial charge is 0.395 e. The van der Waals surface area contributed by atoms with Crippen LogP contribution in [-0.4, -0.2) is 81.1 Å². The van der Waals surface area contributed by atoms with Crippen LogP contribution in [0, 0.1) is 0 Å². The van der Waals surface area contributed by atoms with Crippen molar-refractivity contribution < 1.29 is 25.5 Å². The summed E-state index contributed by atoms with van der Waals surface area (Å²) in [6.07, 6.45) is -3.74. The number of nitrogens with zero attached hydrogens (tertiary/aromatic N) is 1. The quantitative estimate of drug-likeness (QED) is 0.325. The molecule has 0 amide bonds. The Bertz CT molecular complexity index is 173. The van der Waals surface area contributed by atoms with E-state index in [1.807, 2.05) is 0 Å². The fourth-order valence-electron chi connectivity index (χ4n) is 1.86. The molecule has 14 heavy (non-hydrogen) atoms. The lowest BCUT2D eigenvalue weighted by atomic mass is 9.89. The number of rotatable bonds is 2. The highest BCUT2D eigenvalue weighted by Crippen LogP contribution is 2.22. The van der Waals surface area contributed by atoms with Gasteiger partial charge in [-0.3, -0.25) is 4.90 Å². The zero-order chi connectivity index (χ0) is 10.9. The Morgan fingerprint density at radius 1 is 0.857 bits per heavy atom. The maximum absolute atomic E-state index is 9.50. The van der Waals surface area contributed by atoms with E-state index in [4.69, 9.17) is 10.2 Å². The molecule has 1 heterocycles. The van der Waals surface area contributed by atoms with Crippen molar-refractivity contribution in [3.8, 4) is 0 Å². The molecule has 0 spiro atoms. The zero-order valence-electron chi connectivity index (χ0n) is 7.98. The standard InChI is InChI=1S/C8H17NO5/c1-9-4(2-10)6(12)8(14)7(13)5(9)3-11/h4-8,10-14H,2-3H2,1H3/t4-,5-,6-,7+,8-/m1/s1. The molecule has 0 saturated carbocycles. The van der Waals surface area contributed by atoms with Crippen molar-refractivity contribution in [2.45, 2.75) is 30.4 Å². The number of hydrogen-bond acceptors (Lipinski definition) is 6. The Morgan fingerprint density at radius 3 is 1.50 bits per heavy atom. The van der Waals surface area contributed by atoms with E-state index < -0.39 is 30.4 Å². The molecule has 1 aliphatic heterocycles. The van der Waals surface area contributed by atoms with Gasteiger partial charge in [0.1, 0.15) is 18.3 Å². The number of piperidine rings is 1. The van der Waals surface area contributed by atoms with Crippen LogP contribution >= 0.6 is 0 Å². The molecule has 6 heteroatoms. The first-order valence-corrected chi connectivity index (χ1v) is 4.52. The summed E-state index contributed by atoms with van der Waals surface area (Å²) in [6.45, 7) is -0.671. The lowest BCUT2D eigenvalue weighted by Crippen LogP contribution is -2.67. The van der Waals surface area contributed by atoms with Gasteiger partial charge in [0, 0.05) is 0 Å². The van der Waals surface area contributed by atoms with E-state index in [1.54, 1.807) is 7.05 Å². The molecule has 0 unspecified atom stereocenters. The topological polar surface area (TPSA) is 104 Å². The molecule has 6 nitrogen and oxygen atoms in total. The molecule has 1 rings (SSSR count). The van der Waals surface area contributed by atoms with Gasteiger partial charge in [0.05, 0.1) is 25.3 Å². The van der Waals surface area contributed by atoms with Gasteiger partial charge in [0.2, 0.25) is 0 Å². The van der Waals surface area contributed by atoms with Crippen LogP contribution in [0.4, 0.5) is 0 Å². The molecule has 5 N–H and O–H groups in total. The zero-order valence-corrected chi connectivity index (χ0v) is 7.98. The van der Waals surface area contributed by atoms with Crippen molar-refractivity contribution in [3.05, 3.63) is 0 Å². The van der Waals surface area contributed by atoms with Gasteiger partial charge >= 0.3 is 0 Å². The van der Waals surface area contributed by atoms with Crippen LogP contribution in [0.2, 0.25) is 0 Å². The number of aliphatic hydroxyl groups is 5. The van der Waals surface area contributed by atoms with Crippen molar-refractivity contribution in [1.82, 2.24) is 4.90 Å². The van der Waals surface area contributed by atoms with Gasteiger partial charge in [-0.1, -0.05) is 0 Å². The maximum atomic E-state index is 9.50.